The molecule has 0 fully saturated rings. The van der Waals surface area contributed by atoms with E-state index in [1.807, 2.05) is 26.0 Å². The highest BCUT2D eigenvalue weighted by atomic mass is 16.5. The van der Waals surface area contributed by atoms with Gasteiger partial charge in [-0.1, -0.05) is 26.0 Å². The molecule has 15 heavy (non-hydrogen) atoms. The average molecular weight is 206 g/mol. The highest BCUT2D eigenvalue weighted by Gasteiger charge is 2.13. The molecule has 0 aliphatic carbocycles. The lowest BCUT2D eigenvalue weighted by molar-refractivity contribution is 0.0525. The van der Waals surface area contributed by atoms with E-state index < -0.39 is 0 Å². The molecule has 1 aromatic rings. The van der Waals surface area contributed by atoms with Gasteiger partial charge in [-0.15, -0.1) is 0 Å². The van der Waals surface area contributed by atoms with Gasteiger partial charge in [0, 0.05) is 0 Å². The second-order valence-corrected chi connectivity index (χ2v) is 3.89. The van der Waals surface area contributed by atoms with Gasteiger partial charge in [-0.3, -0.25) is 0 Å². The van der Waals surface area contributed by atoms with E-state index in [2.05, 4.69) is 19.9 Å². The Morgan fingerprint density at radius 2 is 2.07 bits per heavy atom. The maximum absolute atomic E-state index is 11.6. The molecule has 0 unspecified atom stereocenters. The number of rotatable bonds is 3. The van der Waals surface area contributed by atoms with Crippen molar-refractivity contribution >= 4 is 5.97 Å². The van der Waals surface area contributed by atoms with Crippen LogP contribution in [-0.2, 0) is 4.74 Å². The fraction of sp³-hybridized carbons (Fsp3) is 0.462. The van der Waals surface area contributed by atoms with Gasteiger partial charge in [0.05, 0.1) is 12.2 Å². The van der Waals surface area contributed by atoms with Crippen molar-refractivity contribution in [1.29, 1.82) is 0 Å². The summed E-state index contributed by atoms with van der Waals surface area (Å²) in [6.45, 7) is 8.46. The Kier molecular flexibility index (Phi) is 3.89. The molecule has 0 radical (unpaired) electrons. The first-order valence-electron chi connectivity index (χ1n) is 5.34. The van der Waals surface area contributed by atoms with Crippen LogP contribution in [0.25, 0.3) is 0 Å². The molecule has 1 rings (SSSR count). The summed E-state index contributed by atoms with van der Waals surface area (Å²) in [4.78, 5) is 11.6. The Labute approximate surface area is 91.3 Å². The van der Waals surface area contributed by atoms with Crippen molar-refractivity contribution in [1.82, 2.24) is 0 Å². The molecular weight excluding hydrogens is 188 g/mol. The van der Waals surface area contributed by atoms with Gasteiger partial charge in [-0.25, -0.2) is 4.79 Å². The number of esters is 1. The topological polar surface area (TPSA) is 26.3 Å². The van der Waals surface area contributed by atoms with Crippen molar-refractivity contribution in [2.75, 3.05) is 6.61 Å². The van der Waals surface area contributed by atoms with E-state index in [0.717, 1.165) is 5.56 Å². The summed E-state index contributed by atoms with van der Waals surface area (Å²) < 4.78 is 5.00. The molecule has 0 amide bonds. The fourth-order valence-corrected chi connectivity index (χ4v) is 1.71. The minimum absolute atomic E-state index is 0.225. The molecule has 82 valence electrons. The number of ether oxygens (including phenoxy) is 1. The molecule has 1 aromatic carbocycles. The molecule has 0 aliphatic rings. The van der Waals surface area contributed by atoms with Crippen LogP contribution in [0, 0.1) is 6.92 Å². The predicted octanol–water partition coefficient (Wildman–Crippen LogP) is 3.30. The van der Waals surface area contributed by atoms with E-state index in [0.29, 0.717) is 18.1 Å². The molecule has 2 heteroatoms. The first-order valence-corrected chi connectivity index (χ1v) is 5.34. The Bertz CT molecular complexity index is 354. The monoisotopic (exact) mass is 206 g/mol. The van der Waals surface area contributed by atoms with Crippen LogP contribution >= 0.6 is 0 Å². The van der Waals surface area contributed by atoms with E-state index in [-0.39, 0.29) is 5.97 Å². The number of hydrogen-bond donors (Lipinski definition) is 0. The maximum Gasteiger partial charge on any atom is 0.338 e. The van der Waals surface area contributed by atoms with E-state index >= 15 is 0 Å². The van der Waals surface area contributed by atoms with Gasteiger partial charge < -0.3 is 4.74 Å². The first-order chi connectivity index (χ1) is 7.07. The van der Waals surface area contributed by atoms with Crippen molar-refractivity contribution in [3.8, 4) is 0 Å². The summed E-state index contributed by atoms with van der Waals surface area (Å²) in [6.07, 6.45) is 0. The highest BCUT2D eigenvalue weighted by Crippen LogP contribution is 2.22. The molecule has 0 atom stereocenters. The van der Waals surface area contributed by atoms with Gasteiger partial charge in [0.25, 0.3) is 0 Å². The van der Waals surface area contributed by atoms with Crippen LogP contribution in [0.3, 0.4) is 0 Å². The van der Waals surface area contributed by atoms with Crippen molar-refractivity contribution in [3.63, 3.8) is 0 Å². The van der Waals surface area contributed by atoms with Crippen molar-refractivity contribution < 1.29 is 9.53 Å². The van der Waals surface area contributed by atoms with Crippen LogP contribution < -0.4 is 0 Å². The second kappa shape index (κ2) is 4.96. The summed E-state index contributed by atoms with van der Waals surface area (Å²) in [6, 6.07) is 5.79. The molecule has 0 saturated heterocycles. The molecule has 0 spiro atoms. The van der Waals surface area contributed by atoms with Crippen LogP contribution in [0.1, 0.15) is 48.2 Å². The lowest BCUT2D eigenvalue weighted by Crippen LogP contribution is -2.08. The van der Waals surface area contributed by atoms with Crippen LogP contribution in [0.2, 0.25) is 0 Å². The Morgan fingerprint density at radius 1 is 1.40 bits per heavy atom. The molecule has 2 nitrogen and oxygen atoms in total. The minimum atomic E-state index is -0.225. The Hall–Kier alpha value is -1.31. The van der Waals surface area contributed by atoms with E-state index in [9.17, 15) is 4.79 Å². The van der Waals surface area contributed by atoms with Crippen molar-refractivity contribution in [2.24, 2.45) is 0 Å². The number of hydrogen-bond acceptors (Lipinski definition) is 2. The largest absolute Gasteiger partial charge is 0.462 e. The number of benzene rings is 1. The lowest BCUT2D eigenvalue weighted by atomic mass is 9.94. The van der Waals surface area contributed by atoms with Gasteiger partial charge in [-0.2, -0.15) is 0 Å². The van der Waals surface area contributed by atoms with E-state index in [4.69, 9.17) is 4.74 Å². The first kappa shape index (κ1) is 11.8. The minimum Gasteiger partial charge on any atom is -0.462 e. The molecule has 0 aliphatic heterocycles. The normalized spacial score (nSPS) is 10.5. The molecular formula is C13H18O2. The predicted molar refractivity (Wildman–Crippen MR) is 61.2 cm³/mol. The maximum atomic E-state index is 11.6. The number of carbonyl (C=O) groups is 1. The zero-order valence-electron chi connectivity index (χ0n) is 9.83. The molecule has 0 bridgehead atoms. The number of carbonyl (C=O) groups excluding carboxylic acids is 1. The highest BCUT2D eigenvalue weighted by molar-refractivity contribution is 5.91. The molecule has 0 saturated carbocycles. The standard InChI is InChI=1S/C13H18O2/c1-5-15-13(14)12-8-6-7-11(9(2)3)10(12)4/h6-9H,5H2,1-4H3. The van der Waals surface area contributed by atoms with Gasteiger partial charge in [0.15, 0.2) is 0 Å². The summed E-state index contributed by atoms with van der Waals surface area (Å²) in [5, 5.41) is 0. The summed E-state index contributed by atoms with van der Waals surface area (Å²) in [7, 11) is 0. The fourth-order valence-electron chi connectivity index (χ4n) is 1.71. The summed E-state index contributed by atoms with van der Waals surface area (Å²) >= 11 is 0. The van der Waals surface area contributed by atoms with E-state index in [1.165, 1.54) is 5.56 Å². The van der Waals surface area contributed by atoms with Crippen LogP contribution in [0.15, 0.2) is 18.2 Å². The SMILES string of the molecule is CCOC(=O)c1cccc(C(C)C)c1C. The van der Waals surface area contributed by atoms with Gasteiger partial charge in [-0.05, 0) is 37.0 Å². The summed E-state index contributed by atoms with van der Waals surface area (Å²) in [5.41, 5.74) is 2.93. The van der Waals surface area contributed by atoms with Crippen molar-refractivity contribution in [3.05, 3.63) is 34.9 Å². The van der Waals surface area contributed by atoms with Crippen LogP contribution in [0.4, 0.5) is 0 Å². The average Bonchev–Trinajstić information content (AvgIpc) is 2.17. The third kappa shape index (κ3) is 2.58. The quantitative estimate of drug-likeness (QED) is 0.709. The van der Waals surface area contributed by atoms with E-state index in [1.54, 1.807) is 0 Å². The Balaban J connectivity index is 3.09. The van der Waals surface area contributed by atoms with Gasteiger partial charge >= 0.3 is 5.97 Å². The Morgan fingerprint density at radius 3 is 2.60 bits per heavy atom. The lowest BCUT2D eigenvalue weighted by Gasteiger charge is -2.12. The third-order valence-electron chi connectivity index (χ3n) is 2.49. The van der Waals surface area contributed by atoms with Crippen LogP contribution in [-0.4, -0.2) is 12.6 Å². The third-order valence-corrected chi connectivity index (χ3v) is 2.49. The zero-order valence-corrected chi connectivity index (χ0v) is 9.83. The molecule has 0 heterocycles. The van der Waals surface area contributed by atoms with Gasteiger partial charge in [0.2, 0.25) is 0 Å². The second-order valence-electron chi connectivity index (χ2n) is 3.89. The summed E-state index contributed by atoms with van der Waals surface area (Å²) in [5.74, 6) is 0.205. The zero-order chi connectivity index (χ0) is 11.4. The molecule has 0 N–H and O–H groups in total. The van der Waals surface area contributed by atoms with Crippen molar-refractivity contribution in [2.45, 2.75) is 33.6 Å². The smallest absolute Gasteiger partial charge is 0.338 e. The molecule has 0 aromatic heterocycles. The van der Waals surface area contributed by atoms with Crippen LogP contribution in [0.5, 0.6) is 0 Å². The van der Waals surface area contributed by atoms with Gasteiger partial charge in [0.1, 0.15) is 0 Å².